The number of rotatable bonds is 9. The van der Waals surface area contributed by atoms with Crippen LogP contribution in [-0.2, 0) is 11.4 Å². The molecular weight excluding hydrogens is 572 g/mol. The Bertz CT molecular complexity index is 1600. The maximum Gasteiger partial charge on any atom is 0.290 e. The van der Waals surface area contributed by atoms with Gasteiger partial charge in [-0.3, -0.25) is 19.8 Å². The molecule has 3 aromatic carbocycles. The van der Waals surface area contributed by atoms with Crippen molar-refractivity contribution in [3.05, 3.63) is 92.9 Å². The number of carbonyl (C=O) groups is 2. The van der Waals surface area contributed by atoms with Gasteiger partial charge in [-0.2, -0.15) is 0 Å². The van der Waals surface area contributed by atoms with E-state index in [1.807, 2.05) is 42.5 Å². The maximum absolute atomic E-state index is 11.9. The molecule has 8 heteroatoms. The van der Waals surface area contributed by atoms with Gasteiger partial charge in [0.2, 0.25) is 0 Å². The van der Waals surface area contributed by atoms with E-state index in [1.165, 1.54) is 11.1 Å². The summed E-state index contributed by atoms with van der Waals surface area (Å²) in [5.74, 6) is 2.62. The number of fused-ring (bicyclic) bond motifs is 1. The van der Waals surface area contributed by atoms with Crippen molar-refractivity contribution < 1.29 is 23.8 Å². The van der Waals surface area contributed by atoms with Crippen molar-refractivity contribution in [1.29, 1.82) is 0 Å². The fourth-order valence-corrected chi connectivity index (χ4v) is 7.27. The Kier molecular flexibility index (Phi) is 8.49. The van der Waals surface area contributed by atoms with E-state index in [2.05, 4.69) is 57.0 Å². The van der Waals surface area contributed by atoms with E-state index in [9.17, 15) is 9.59 Å². The molecule has 6 rings (SSSR count). The molecule has 7 nitrogen and oxygen atoms in total. The SMILES string of the molecule is Cc1c(C)c2c(c(C)c1OCc1ccccc1)C(CN1CCC[C@H]1COc1ccc(C=C3SC(=O)NC3=O)cc1)C(C)(C)O2. The van der Waals surface area contributed by atoms with Crippen molar-refractivity contribution in [2.24, 2.45) is 0 Å². The minimum atomic E-state index is -0.350. The number of thioether (sulfide) groups is 1. The lowest BCUT2D eigenvalue weighted by molar-refractivity contribution is -0.115. The van der Waals surface area contributed by atoms with Crippen LogP contribution in [0, 0.1) is 20.8 Å². The second kappa shape index (κ2) is 12.3. The Hall–Kier alpha value is -3.75. The lowest BCUT2D eigenvalue weighted by Crippen LogP contribution is -2.42. The van der Waals surface area contributed by atoms with Crippen LogP contribution in [0.1, 0.15) is 66.0 Å². The van der Waals surface area contributed by atoms with E-state index >= 15 is 0 Å². The molecule has 3 aromatic rings. The molecule has 3 aliphatic rings. The van der Waals surface area contributed by atoms with Gasteiger partial charge in [0.15, 0.2) is 0 Å². The van der Waals surface area contributed by atoms with Gasteiger partial charge in [0.1, 0.15) is 36.1 Å². The molecule has 0 bridgehead atoms. The molecule has 1 N–H and O–H groups in total. The molecule has 0 radical (unpaired) electrons. The van der Waals surface area contributed by atoms with Crippen LogP contribution in [0.4, 0.5) is 4.79 Å². The normalized spacial score (nSPS) is 21.8. The van der Waals surface area contributed by atoms with Gasteiger partial charge in [-0.1, -0.05) is 42.5 Å². The predicted octanol–water partition coefficient (Wildman–Crippen LogP) is 7.31. The van der Waals surface area contributed by atoms with Gasteiger partial charge in [-0.05, 0) is 112 Å². The lowest BCUT2D eigenvalue weighted by atomic mass is 9.82. The van der Waals surface area contributed by atoms with Crippen LogP contribution in [0.2, 0.25) is 0 Å². The highest BCUT2D eigenvalue weighted by Crippen LogP contribution is 2.52. The topological polar surface area (TPSA) is 77.1 Å². The molecular formula is C36H40N2O5S. The number of imide groups is 1. The van der Waals surface area contributed by atoms with Gasteiger partial charge in [0, 0.05) is 24.1 Å². The van der Waals surface area contributed by atoms with Crippen molar-refractivity contribution in [2.75, 3.05) is 19.7 Å². The highest BCUT2D eigenvalue weighted by Gasteiger charge is 2.46. The van der Waals surface area contributed by atoms with Crippen LogP contribution in [0.3, 0.4) is 0 Å². The third-order valence-electron chi connectivity index (χ3n) is 9.19. The van der Waals surface area contributed by atoms with Gasteiger partial charge in [0.05, 0.1) is 4.91 Å². The van der Waals surface area contributed by atoms with Crippen molar-refractivity contribution >= 4 is 29.0 Å². The molecule has 2 fully saturated rings. The molecule has 0 aromatic heterocycles. The summed E-state index contributed by atoms with van der Waals surface area (Å²) < 4.78 is 19.5. The van der Waals surface area contributed by atoms with Crippen LogP contribution in [0.5, 0.6) is 17.2 Å². The number of carbonyl (C=O) groups excluding carboxylic acids is 2. The van der Waals surface area contributed by atoms with Crippen LogP contribution < -0.4 is 19.5 Å². The molecule has 230 valence electrons. The number of benzene rings is 3. The molecule has 2 atom stereocenters. The Labute approximate surface area is 264 Å². The summed E-state index contributed by atoms with van der Waals surface area (Å²) in [5.41, 5.74) is 6.40. The van der Waals surface area contributed by atoms with E-state index in [0.29, 0.717) is 24.2 Å². The van der Waals surface area contributed by atoms with Crippen molar-refractivity contribution in [1.82, 2.24) is 10.2 Å². The number of amides is 2. The summed E-state index contributed by atoms with van der Waals surface area (Å²) in [6, 6.07) is 18.3. The Morgan fingerprint density at radius 3 is 2.45 bits per heavy atom. The van der Waals surface area contributed by atoms with Crippen molar-refractivity contribution in [3.8, 4) is 17.2 Å². The third kappa shape index (κ3) is 6.10. The van der Waals surface area contributed by atoms with E-state index < -0.39 is 0 Å². The van der Waals surface area contributed by atoms with E-state index in [4.69, 9.17) is 14.2 Å². The zero-order chi connectivity index (χ0) is 31.0. The zero-order valence-electron chi connectivity index (χ0n) is 26.1. The average Bonchev–Trinajstić information content (AvgIpc) is 3.66. The number of likely N-dealkylation sites (tertiary alicyclic amines) is 1. The van der Waals surface area contributed by atoms with Crippen molar-refractivity contribution in [2.45, 2.75) is 71.6 Å². The first kappa shape index (κ1) is 30.3. The summed E-state index contributed by atoms with van der Waals surface area (Å²) in [4.78, 5) is 26.3. The van der Waals surface area contributed by atoms with Crippen LogP contribution in [0.25, 0.3) is 6.08 Å². The molecule has 3 aliphatic heterocycles. The number of hydrogen-bond donors (Lipinski definition) is 1. The molecule has 2 amide bonds. The second-order valence-electron chi connectivity index (χ2n) is 12.5. The van der Waals surface area contributed by atoms with Gasteiger partial charge in [-0.25, -0.2) is 0 Å². The highest BCUT2D eigenvalue weighted by molar-refractivity contribution is 8.18. The van der Waals surface area contributed by atoms with Gasteiger partial charge in [-0.15, -0.1) is 0 Å². The van der Waals surface area contributed by atoms with Crippen LogP contribution >= 0.6 is 11.8 Å². The Balaban J connectivity index is 1.15. The first-order valence-electron chi connectivity index (χ1n) is 15.3. The fraction of sp³-hybridized carbons (Fsp3) is 0.389. The quantitative estimate of drug-likeness (QED) is 0.254. The molecule has 44 heavy (non-hydrogen) atoms. The summed E-state index contributed by atoms with van der Waals surface area (Å²) in [5, 5.41) is 1.95. The summed E-state index contributed by atoms with van der Waals surface area (Å²) in [6.45, 7) is 13.9. The standard InChI is InChI=1S/C36H40N2O5S/c1-22-23(2)33-31(24(3)32(22)42-20-26-10-7-6-8-11-26)29(36(4,5)43-33)19-38-17-9-12-27(38)21-41-28-15-13-25(14-16-28)18-30-34(39)37-35(40)44-30/h6-8,10-11,13-16,18,27,29H,9,12,17,19-21H2,1-5H3,(H,37,39,40)/t27-,29?/m0/s1. The van der Waals surface area contributed by atoms with Crippen LogP contribution in [0.15, 0.2) is 59.5 Å². The maximum atomic E-state index is 11.9. The van der Waals surface area contributed by atoms with Crippen molar-refractivity contribution in [3.63, 3.8) is 0 Å². The Morgan fingerprint density at radius 2 is 1.75 bits per heavy atom. The molecule has 0 saturated carbocycles. The number of hydrogen-bond acceptors (Lipinski definition) is 7. The number of nitrogens with zero attached hydrogens (tertiary/aromatic N) is 1. The smallest absolute Gasteiger partial charge is 0.290 e. The molecule has 2 saturated heterocycles. The molecule has 3 heterocycles. The summed E-state index contributed by atoms with van der Waals surface area (Å²) in [6.07, 6.45) is 3.94. The minimum Gasteiger partial charge on any atom is -0.492 e. The largest absolute Gasteiger partial charge is 0.492 e. The summed E-state index contributed by atoms with van der Waals surface area (Å²) in [7, 11) is 0. The monoisotopic (exact) mass is 612 g/mol. The number of nitrogens with one attached hydrogen (secondary N) is 1. The zero-order valence-corrected chi connectivity index (χ0v) is 26.9. The molecule has 0 spiro atoms. The van der Waals surface area contributed by atoms with E-state index in [0.717, 1.165) is 77.2 Å². The lowest BCUT2D eigenvalue weighted by Gasteiger charge is -2.33. The van der Waals surface area contributed by atoms with Crippen LogP contribution in [-0.4, -0.2) is 47.4 Å². The third-order valence-corrected chi connectivity index (χ3v) is 10.0. The Morgan fingerprint density at radius 1 is 1.00 bits per heavy atom. The van der Waals surface area contributed by atoms with E-state index in [-0.39, 0.29) is 22.7 Å². The second-order valence-corrected chi connectivity index (χ2v) is 13.5. The first-order chi connectivity index (χ1) is 21.1. The minimum absolute atomic E-state index is 0.196. The van der Waals surface area contributed by atoms with Gasteiger partial charge in [0.25, 0.3) is 11.1 Å². The molecule has 0 aliphatic carbocycles. The first-order valence-corrected chi connectivity index (χ1v) is 16.1. The number of ether oxygens (including phenoxy) is 3. The average molecular weight is 613 g/mol. The predicted molar refractivity (Wildman–Crippen MR) is 175 cm³/mol. The summed E-state index contributed by atoms with van der Waals surface area (Å²) >= 11 is 0.922. The highest BCUT2D eigenvalue weighted by atomic mass is 32.2. The van der Waals surface area contributed by atoms with Gasteiger partial charge >= 0.3 is 0 Å². The van der Waals surface area contributed by atoms with E-state index in [1.54, 1.807) is 6.08 Å². The molecule has 1 unspecified atom stereocenters. The fourth-order valence-electron chi connectivity index (χ4n) is 6.59. The van der Waals surface area contributed by atoms with Gasteiger partial charge < -0.3 is 14.2 Å².